The van der Waals surface area contributed by atoms with E-state index in [0.717, 1.165) is 13.0 Å². The van der Waals surface area contributed by atoms with Crippen molar-refractivity contribution >= 4 is 17.7 Å². The zero-order chi connectivity index (χ0) is 12.8. The molecule has 98 valence electrons. The van der Waals surface area contributed by atoms with E-state index in [9.17, 15) is 4.79 Å². The van der Waals surface area contributed by atoms with Gasteiger partial charge in [-0.1, -0.05) is 30.3 Å². The minimum Gasteiger partial charge on any atom is -0.341 e. The molecule has 1 aromatic carbocycles. The molecule has 1 amide bonds. The average molecular weight is 263 g/mol. The molecule has 1 saturated heterocycles. The van der Waals surface area contributed by atoms with Gasteiger partial charge < -0.3 is 4.90 Å². The van der Waals surface area contributed by atoms with Crippen LogP contribution >= 0.6 is 11.8 Å². The summed E-state index contributed by atoms with van der Waals surface area (Å²) in [6, 6.07) is 10.2. The van der Waals surface area contributed by atoms with Gasteiger partial charge in [-0.15, -0.1) is 0 Å². The molecule has 0 bridgehead atoms. The van der Waals surface area contributed by atoms with Gasteiger partial charge in [-0.2, -0.15) is 11.8 Å². The molecule has 2 rings (SSSR count). The summed E-state index contributed by atoms with van der Waals surface area (Å²) in [7, 11) is 1.91. The Morgan fingerprint density at radius 3 is 2.61 bits per heavy atom. The van der Waals surface area contributed by atoms with Gasteiger partial charge in [-0.3, -0.25) is 4.79 Å². The summed E-state index contributed by atoms with van der Waals surface area (Å²) in [4.78, 5) is 14.0. The van der Waals surface area contributed by atoms with Gasteiger partial charge in [0.2, 0.25) is 5.91 Å². The van der Waals surface area contributed by atoms with Gasteiger partial charge in [0.05, 0.1) is 0 Å². The van der Waals surface area contributed by atoms with Crippen molar-refractivity contribution in [2.45, 2.75) is 25.8 Å². The Labute approximate surface area is 114 Å². The van der Waals surface area contributed by atoms with Crippen molar-refractivity contribution in [2.24, 2.45) is 5.92 Å². The first kappa shape index (κ1) is 13.5. The van der Waals surface area contributed by atoms with Gasteiger partial charge in [-0.25, -0.2) is 0 Å². The molecular formula is C15H21NOS. The lowest BCUT2D eigenvalue weighted by atomic mass is 9.98. The molecule has 0 aliphatic carbocycles. The molecule has 0 aromatic heterocycles. The van der Waals surface area contributed by atoms with Crippen LogP contribution in [0.15, 0.2) is 30.3 Å². The molecule has 3 heteroatoms. The highest BCUT2D eigenvalue weighted by Crippen LogP contribution is 2.25. The van der Waals surface area contributed by atoms with E-state index in [2.05, 4.69) is 12.1 Å². The highest BCUT2D eigenvalue weighted by molar-refractivity contribution is 7.99. The molecule has 1 aliphatic rings. The molecule has 1 aromatic rings. The van der Waals surface area contributed by atoms with Crippen molar-refractivity contribution in [3.05, 3.63) is 35.9 Å². The van der Waals surface area contributed by atoms with E-state index >= 15 is 0 Å². The van der Waals surface area contributed by atoms with Crippen molar-refractivity contribution in [2.75, 3.05) is 18.6 Å². The number of nitrogens with zero attached hydrogens (tertiary/aromatic N) is 1. The molecule has 0 N–H and O–H groups in total. The first-order chi connectivity index (χ1) is 8.75. The largest absolute Gasteiger partial charge is 0.341 e. The second-order valence-corrected chi connectivity index (χ2v) is 6.22. The minimum absolute atomic E-state index is 0.288. The first-order valence-corrected chi connectivity index (χ1v) is 7.77. The maximum absolute atomic E-state index is 12.1. The second-order valence-electron chi connectivity index (χ2n) is 5.00. The number of carbonyl (C=O) groups excluding carboxylic acids is 1. The van der Waals surface area contributed by atoms with Crippen LogP contribution in [0.2, 0.25) is 0 Å². The third kappa shape index (κ3) is 4.05. The van der Waals surface area contributed by atoms with Crippen LogP contribution in [-0.4, -0.2) is 29.4 Å². The lowest BCUT2D eigenvalue weighted by molar-refractivity contribution is -0.131. The van der Waals surface area contributed by atoms with Crippen LogP contribution in [0.25, 0.3) is 0 Å². The average Bonchev–Trinajstić information content (AvgIpc) is 2.41. The molecule has 0 radical (unpaired) electrons. The predicted molar refractivity (Wildman–Crippen MR) is 77.6 cm³/mol. The van der Waals surface area contributed by atoms with Gasteiger partial charge in [-0.05, 0) is 35.8 Å². The van der Waals surface area contributed by atoms with E-state index in [1.165, 1.54) is 29.9 Å². The highest BCUT2D eigenvalue weighted by Gasteiger charge is 2.19. The lowest BCUT2D eigenvalue weighted by Crippen LogP contribution is -2.28. The topological polar surface area (TPSA) is 20.3 Å². The highest BCUT2D eigenvalue weighted by atomic mass is 32.2. The van der Waals surface area contributed by atoms with Gasteiger partial charge >= 0.3 is 0 Å². The van der Waals surface area contributed by atoms with Gasteiger partial charge in [0, 0.05) is 20.0 Å². The number of amides is 1. The maximum atomic E-state index is 12.1. The normalized spacial score (nSPS) is 16.5. The predicted octanol–water partition coefficient (Wildman–Crippen LogP) is 3.18. The third-order valence-electron chi connectivity index (χ3n) is 3.49. The number of hydrogen-bond acceptors (Lipinski definition) is 2. The second kappa shape index (κ2) is 6.83. The Morgan fingerprint density at radius 1 is 1.28 bits per heavy atom. The van der Waals surface area contributed by atoms with E-state index in [4.69, 9.17) is 0 Å². The standard InChI is InChI=1S/C15H21NOS/c1-16(12-14-5-3-2-4-6-14)15(17)11-13-7-9-18-10-8-13/h2-6,13H,7-12H2,1H3. The van der Waals surface area contributed by atoms with Crippen molar-refractivity contribution in [3.8, 4) is 0 Å². The van der Waals surface area contributed by atoms with E-state index in [1.807, 2.05) is 41.9 Å². The van der Waals surface area contributed by atoms with Crippen molar-refractivity contribution in [1.82, 2.24) is 4.90 Å². The molecule has 1 heterocycles. The summed E-state index contributed by atoms with van der Waals surface area (Å²) in [5, 5.41) is 0. The van der Waals surface area contributed by atoms with E-state index in [0.29, 0.717) is 5.92 Å². The summed E-state index contributed by atoms with van der Waals surface area (Å²) in [5.41, 5.74) is 1.20. The minimum atomic E-state index is 0.288. The van der Waals surface area contributed by atoms with Crippen LogP contribution in [-0.2, 0) is 11.3 Å². The molecule has 0 saturated carbocycles. The van der Waals surface area contributed by atoms with Gasteiger partial charge in [0.25, 0.3) is 0 Å². The summed E-state index contributed by atoms with van der Waals surface area (Å²) < 4.78 is 0. The number of benzene rings is 1. The number of rotatable bonds is 4. The summed E-state index contributed by atoms with van der Waals surface area (Å²) in [5.74, 6) is 3.34. The van der Waals surface area contributed by atoms with Crippen molar-refractivity contribution in [1.29, 1.82) is 0 Å². The Bertz CT molecular complexity index is 373. The zero-order valence-electron chi connectivity index (χ0n) is 11.0. The van der Waals surface area contributed by atoms with Crippen LogP contribution in [0, 0.1) is 5.92 Å². The van der Waals surface area contributed by atoms with Crippen LogP contribution in [0.4, 0.5) is 0 Å². The van der Waals surface area contributed by atoms with Gasteiger partial charge in [0.1, 0.15) is 0 Å². The third-order valence-corrected chi connectivity index (χ3v) is 4.54. The number of carbonyl (C=O) groups is 1. The van der Waals surface area contributed by atoms with E-state index in [1.54, 1.807) is 0 Å². The Morgan fingerprint density at radius 2 is 1.94 bits per heavy atom. The SMILES string of the molecule is CN(Cc1ccccc1)C(=O)CC1CCSCC1. The first-order valence-electron chi connectivity index (χ1n) is 6.61. The molecule has 0 spiro atoms. The van der Waals surface area contributed by atoms with Crippen LogP contribution in [0.1, 0.15) is 24.8 Å². The monoisotopic (exact) mass is 263 g/mol. The van der Waals surface area contributed by atoms with Gasteiger partial charge in [0.15, 0.2) is 0 Å². The van der Waals surface area contributed by atoms with Crippen molar-refractivity contribution < 1.29 is 4.79 Å². The Hall–Kier alpha value is -0.960. The fraction of sp³-hybridized carbons (Fsp3) is 0.533. The summed E-state index contributed by atoms with van der Waals surface area (Å²) in [6.45, 7) is 0.723. The molecule has 2 nitrogen and oxygen atoms in total. The Kier molecular flexibility index (Phi) is 5.12. The molecule has 0 atom stereocenters. The molecular weight excluding hydrogens is 242 g/mol. The molecule has 18 heavy (non-hydrogen) atoms. The number of thioether (sulfide) groups is 1. The molecule has 1 fully saturated rings. The number of hydrogen-bond donors (Lipinski definition) is 0. The molecule has 1 aliphatic heterocycles. The smallest absolute Gasteiger partial charge is 0.222 e. The van der Waals surface area contributed by atoms with E-state index < -0.39 is 0 Å². The fourth-order valence-electron chi connectivity index (χ4n) is 2.30. The fourth-order valence-corrected chi connectivity index (χ4v) is 3.50. The quantitative estimate of drug-likeness (QED) is 0.831. The van der Waals surface area contributed by atoms with E-state index in [-0.39, 0.29) is 5.91 Å². The summed E-state index contributed by atoms with van der Waals surface area (Å²) in [6.07, 6.45) is 3.13. The summed E-state index contributed by atoms with van der Waals surface area (Å²) >= 11 is 2.01. The van der Waals surface area contributed by atoms with Crippen molar-refractivity contribution in [3.63, 3.8) is 0 Å². The zero-order valence-corrected chi connectivity index (χ0v) is 11.8. The van der Waals surface area contributed by atoms with Crippen LogP contribution in [0.5, 0.6) is 0 Å². The Balaban J connectivity index is 1.81. The van der Waals surface area contributed by atoms with Crippen LogP contribution < -0.4 is 0 Å². The lowest BCUT2D eigenvalue weighted by Gasteiger charge is -2.24. The molecule has 0 unspecified atom stereocenters. The maximum Gasteiger partial charge on any atom is 0.222 e. The van der Waals surface area contributed by atoms with Crippen LogP contribution in [0.3, 0.4) is 0 Å².